The van der Waals surface area contributed by atoms with Crippen molar-refractivity contribution in [2.75, 3.05) is 25.0 Å². The average Bonchev–Trinajstić information content (AvgIpc) is 2.86. The summed E-state index contributed by atoms with van der Waals surface area (Å²) in [6.45, 7) is 6.78. The minimum Gasteiger partial charge on any atom is -0.462 e. The summed E-state index contributed by atoms with van der Waals surface area (Å²) in [4.78, 5) is 38.6. The lowest BCUT2D eigenvalue weighted by molar-refractivity contribution is -0.118. The van der Waals surface area contributed by atoms with E-state index in [1.165, 1.54) is 6.42 Å². The number of carbonyl (C=O) groups excluding carboxylic acids is 3. The Morgan fingerprint density at radius 1 is 1.36 bits per heavy atom. The average molecular weight is 367 g/mol. The van der Waals surface area contributed by atoms with Gasteiger partial charge in [-0.15, -0.1) is 11.3 Å². The van der Waals surface area contributed by atoms with Gasteiger partial charge in [0, 0.05) is 6.04 Å². The molecule has 1 aromatic heterocycles. The first kappa shape index (κ1) is 19.4. The number of likely N-dealkylation sites (tertiary alicyclic amines) is 1. The van der Waals surface area contributed by atoms with Gasteiger partial charge in [0.1, 0.15) is 5.00 Å². The van der Waals surface area contributed by atoms with Crippen molar-refractivity contribution in [1.29, 1.82) is 0 Å². The Kier molecular flexibility index (Phi) is 6.55. The van der Waals surface area contributed by atoms with Crippen LogP contribution in [-0.4, -0.2) is 48.4 Å². The number of primary amides is 1. The number of ether oxygens (including phenoxy) is 1. The Hall–Kier alpha value is -1.93. The van der Waals surface area contributed by atoms with Crippen LogP contribution in [0, 0.1) is 6.92 Å². The summed E-state index contributed by atoms with van der Waals surface area (Å²) in [6, 6.07) is 0.357. The maximum atomic E-state index is 12.4. The third-order valence-corrected chi connectivity index (χ3v) is 5.61. The van der Waals surface area contributed by atoms with Gasteiger partial charge in [0.2, 0.25) is 5.91 Å². The van der Waals surface area contributed by atoms with Gasteiger partial charge in [0.15, 0.2) is 0 Å². The van der Waals surface area contributed by atoms with Gasteiger partial charge >= 0.3 is 5.97 Å². The zero-order valence-corrected chi connectivity index (χ0v) is 15.7. The van der Waals surface area contributed by atoms with Gasteiger partial charge in [-0.2, -0.15) is 0 Å². The monoisotopic (exact) mass is 367 g/mol. The Morgan fingerprint density at radius 3 is 2.68 bits per heavy atom. The molecule has 0 unspecified atom stereocenters. The van der Waals surface area contributed by atoms with E-state index >= 15 is 0 Å². The highest BCUT2D eigenvalue weighted by Crippen LogP contribution is 2.33. The molecule has 2 heterocycles. The van der Waals surface area contributed by atoms with Gasteiger partial charge in [-0.1, -0.05) is 6.42 Å². The van der Waals surface area contributed by atoms with Gasteiger partial charge in [-0.3, -0.25) is 14.5 Å². The molecule has 1 aromatic rings. The molecule has 25 heavy (non-hydrogen) atoms. The largest absolute Gasteiger partial charge is 0.462 e. The van der Waals surface area contributed by atoms with Crippen LogP contribution in [0.15, 0.2) is 0 Å². The molecule has 1 aliphatic heterocycles. The summed E-state index contributed by atoms with van der Waals surface area (Å²) in [5.41, 5.74) is 6.02. The van der Waals surface area contributed by atoms with Crippen LogP contribution < -0.4 is 11.1 Å². The van der Waals surface area contributed by atoms with Crippen molar-refractivity contribution in [2.45, 2.75) is 46.1 Å². The first-order valence-electron chi connectivity index (χ1n) is 8.49. The molecule has 1 aliphatic rings. The van der Waals surface area contributed by atoms with Crippen LogP contribution in [0.25, 0.3) is 0 Å². The lowest BCUT2D eigenvalue weighted by Crippen LogP contribution is -2.42. The number of amides is 2. The number of rotatable bonds is 6. The van der Waals surface area contributed by atoms with Crippen molar-refractivity contribution in [3.63, 3.8) is 0 Å². The van der Waals surface area contributed by atoms with E-state index in [-0.39, 0.29) is 29.5 Å². The van der Waals surface area contributed by atoms with Crippen molar-refractivity contribution in [3.05, 3.63) is 16.0 Å². The van der Waals surface area contributed by atoms with Gasteiger partial charge in [0.05, 0.1) is 23.6 Å². The van der Waals surface area contributed by atoms with Crippen LogP contribution in [0.4, 0.5) is 5.00 Å². The second kappa shape index (κ2) is 8.44. The zero-order valence-electron chi connectivity index (χ0n) is 14.9. The number of nitrogens with two attached hydrogens (primary N) is 1. The number of hydrogen-bond acceptors (Lipinski definition) is 6. The number of carbonyl (C=O) groups is 3. The van der Waals surface area contributed by atoms with Gasteiger partial charge in [-0.25, -0.2) is 4.79 Å². The number of piperidine rings is 1. The molecule has 8 heteroatoms. The second-order valence-corrected chi connectivity index (χ2v) is 7.23. The molecule has 2 amide bonds. The highest BCUT2D eigenvalue weighted by atomic mass is 32.1. The normalized spacial score (nSPS) is 18.0. The molecule has 3 N–H and O–H groups in total. The molecule has 2 rings (SSSR count). The molecule has 1 atom stereocenters. The van der Waals surface area contributed by atoms with Crippen molar-refractivity contribution < 1.29 is 19.1 Å². The van der Waals surface area contributed by atoms with Gasteiger partial charge in [0.25, 0.3) is 5.91 Å². The SMILES string of the molecule is CCOC(=O)c1c(NC(=O)CN2CCCC[C@@H]2C)sc(C(N)=O)c1C. The standard InChI is InChI=1S/C17H25N3O4S/c1-4-24-17(23)13-11(3)14(15(18)22)25-16(13)19-12(21)9-20-8-6-5-7-10(20)2/h10H,4-9H2,1-3H3,(H2,18,22)(H,19,21)/t10-/m0/s1. The molecule has 1 fully saturated rings. The fraction of sp³-hybridized carbons (Fsp3) is 0.588. The summed E-state index contributed by atoms with van der Waals surface area (Å²) >= 11 is 1.01. The molecule has 0 radical (unpaired) electrons. The summed E-state index contributed by atoms with van der Waals surface area (Å²) in [7, 11) is 0. The quantitative estimate of drug-likeness (QED) is 0.750. The Bertz CT molecular complexity index is 671. The molecule has 138 valence electrons. The third-order valence-electron chi connectivity index (χ3n) is 4.39. The minimum absolute atomic E-state index is 0.207. The van der Waals surface area contributed by atoms with E-state index in [9.17, 15) is 14.4 Å². The Balaban J connectivity index is 2.19. The van der Waals surface area contributed by atoms with Crippen molar-refractivity contribution in [2.24, 2.45) is 5.73 Å². The maximum absolute atomic E-state index is 12.4. The van der Waals surface area contributed by atoms with Crippen LogP contribution >= 0.6 is 11.3 Å². The van der Waals surface area contributed by atoms with E-state index in [0.717, 1.165) is 30.7 Å². The van der Waals surface area contributed by atoms with Crippen LogP contribution in [0.1, 0.15) is 58.7 Å². The fourth-order valence-electron chi connectivity index (χ4n) is 3.03. The smallest absolute Gasteiger partial charge is 0.341 e. The van der Waals surface area contributed by atoms with Crippen molar-refractivity contribution >= 4 is 34.1 Å². The van der Waals surface area contributed by atoms with E-state index in [1.807, 2.05) is 0 Å². The topological polar surface area (TPSA) is 102 Å². The predicted octanol–water partition coefficient (Wildman–Crippen LogP) is 2.15. The first-order chi connectivity index (χ1) is 11.8. The molecular formula is C17H25N3O4S. The number of nitrogens with one attached hydrogen (secondary N) is 1. The second-order valence-electron chi connectivity index (χ2n) is 6.21. The Morgan fingerprint density at radius 2 is 2.08 bits per heavy atom. The molecule has 0 bridgehead atoms. The number of esters is 1. The molecule has 0 aliphatic carbocycles. The summed E-state index contributed by atoms with van der Waals surface area (Å²) < 4.78 is 5.04. The van der Waals surface area contributed by atoms with Crippen LogP contribution in [0.2, 0.25) is 0 Å². The van der Waals surface area contributed by atoms with Crippen LogP contribution in [0.5, 0.6) is 0 Å². The highest BCUT2D eigenvalue weighted by Gasteiger charge is 2.27. The number of anilines is 1. The first-order valence-corrected chi connectivity index (χ1v) is 9.31. The van der Waals surface area contributed by atoms with E-state index in [4.69, 9.17) is 10.5 Å². The minimum atomic E-state index is -0.627. The lowest BCUT2D eigenvalue weighted by atomic mass is 10.0. The number of thiophene rings is 1. The highest BCUT2D eigenvalue weighted by molar-refractivity contribution is 7.18. The number of nitrogens with zero attached hydrogens (tertiary/aromatic N) is 1. The molecule has 1 saturated heterocycles. The number of hydrogen-bond donors (Lipinski definition) is 2. The molecule has 0 saturated carbocycles. The summed E-state index contributed by atoms with van der Waals surface area (Å²) in [5.74, 6) is -1.40. The van der Waals surface area contributed by atoms with Gasteiger partial charge < -0.3 is 15.8 Å². The molecule has 7 nitrogen and oxygen atoms in total. The zero-order chi connectivity index (χ0) is 18.6. The van der Waals surface area contributed by atoms with E-state index < -0.39 is 11.9 Å². The van der Waals surface area contributed by atoms with Crippen molar-refractivity contribution in [3.8, 4) is 0 Å². The van der Waals surface area contributed by atoms with E-state index in [0.29, 0.717) is 16.6 Å². The molecule has 0 spiro atoms. The van der Waals surface area contributed by atoms with E-state index in [1.54, 1.807) is 13.8 Å². The lowest BCUT2D eigenvalue weighted by Gasteiger charge is -2.32. The summed E-state index contributed by atoms with van der Waals surface area (Å²) in [5, 5.41) is 3.08. The van der Waals surface area contributed by atoms with Crippen LogP contribution in [-0.2, 0) is 9.53 Å². The molecule has 0 aromatic carbocycles. The predicted molar refractivity (Wildman–Crippen MR) is 97.0 cm³/mol. The maximum Gasteiger partial charge on any atom is 0.341 e. The Labute approximate surface area is 151 Å². The summed E-state index contributed by atoms with van der Waals surface area (Å²) in [6.07, 6.45) is 3.33. The van der Waals surface area contributed by atoms with E-state index in [2.05, 4.69) is 17.1 Å². The van der Waals surface area contributed by atoms with Gasteiger partial charge in [-0.05, 0) is 45.7 Å². The van der Waals surface area contributed by atoms with Crippen molar-refractivity contribution in [1.82, 2.24) is 4.90 Å². The van der Waals surface area contributed by atoms with Crippen LogP contribution in [0.3, 0.4) is 0 Å². The molecular weight excluding hydrogens is 342 g/mol. The fourth-order valence-corrected chi connectivity index (χ4v) is 4.09. The third kappa shape index (κ3) is 4.58.